The number of hydrogen-bond donors (Lipinski definition) is 1. The van der Waals surface area contributed by atoms with Crippen molar-refractivity contribution in [2.75, 3.05) is 17.9 Å². The van der Waals surface area contributed by atoms with Crippen LogP contribution >= 0.6 is 0 Å². The lowest BCUT2D eigenvalue weighted by atomic mass is 10.0. The van der Waals surface area contributed by atoms with Crippen LogP contribution < -0.4 is 14.2 Å². The smallest absolute Gasteiger partial charge is 0.262 e. The molecule has 0 bridgehead atoms. The maximum Gasteiger partial charge on any atom is 0.262 e. The fourth-order valence-corrected chi connectivity index (χ4v) is 5.05. The molecular weight excluding hydrogens is 426 g/mol. The number of rotatable bonds is 7. The Hall–Kier alpha value is -3.32. The van der Waals surface area contributed by atoms with E-state index < -0.39 is 10.0 Å². The lowest BCUT2D eigenvalue weighted by Crippen LogP contribution is -2.17. The highest BCUT2D eigenvalue weighted by molar-refractivity contribution is 7.92. The number of Topliss-reactive ketones (excluding diaryl/α,β-unsaturated/α-hetero) is 1. The third-order valence-corrected chi connectivity index (χ3v) is 6.74. The van der Waals surface area contributed by atoms with E-state index in [1.807, 2.05) is 31.2 Å². The Balaban J connectivity index is 1.51. The minimum absolute atomic E-state index is 0.0302. The molecule has 4 rings (SSSR count). The number of hydrogen-bond acceptors (Lipinski definition) is 5. The van der Waals surface area contributed by atoms with E-state index in [0.717, 1.165) is 11.1 Å². The van der Waals surface area contributed by atoms with E-state index in [2.05, 4.69) is 4.72 Å². The highest BCUT2D eigenvalue weighted by Crippen LogP contribution is 2.33. The van der Waals surface area contributed by atoms with E-state index in [4.69, 9.17) is 9.47 Å². The zero-order valence-corrected chi connectivity index (χ0v) is 18.9. The summed E-state index contributed by atoms with van der Waals surface area (Å²) >= 11 is 0. The van der Waals surface area contributed by atoms with Crippen LogP contribution in [0.15, 0.2) is 65.6 Å². The van der Waals surface area contributed by atoms with Crippen molar-refractivity contribution >= 4 is 21.5 Å². The highest BCUT2D eigenvalue weighted by Gasteiger charge is 2.20. The molecule has 1 heterocycles. The van der Waals surface area contributed by atoms with Gasteiger partial charge in [0.05, 0.1) is 10.6 Å². The molecule has 3 aromatic rings. The fraction of sp³-hybridized carbons (Fsp3) is 0.240. The van der Waals surface area contributed by atoms with Gasteiger partial charge in [-0.25, -0.2) is 8.42 Å². The number of sulfonamides is 1. The number of benzene rings is 3. The molecule has 166 valence electrons. The molecule has 0 fully saturated rings. The molecule has 0 spiro atoms. The molecule has 0 amide bonds. The topological polar surface area (TPSA) is 81.7 Å². The van der Waals surface area contributed by atoms with Gasteiger partial charge in [0.2, 0.25) is 0 Å². The Morgan fingerprint density at radius 1 is 0.875 bits per heavy atom. The van der Waals surface area contributed by atoms with Gasteiger partial charge >= 0.3 is 0 Å². The first-order chi connectivity index (χ1) is 15.3. The van der Waals surface area contributed by atoms with Crippen molar-refractivity contribution in [1.29, 1.82) is 0 Å². The van der Waals surface area contributed by atoms with Crippen LogP contribution in [-0.2, 0) is 27.7 Å². The van der Waals surface area contributed by atoms with Crippen LogP contribution in [0, 0.1) is 13.8 Å². The monoisotopic (exact) mass is 451 g/mol. The summed E-state index contributed by atoms with van der Waals surface area (Å²) < 4.78 is 39.8. The van der Waals surface area contributed by atoms with E-state index >= 15 is 0 Å². The second kappa shape index (κ2) is 9.04. The number of carbonyl (C=O) groups is 1. The van der Waals surface area contributed by atoms with Crippen molar-refractivity contribution in [1.82, 2.24) is 0 Å². The van der Waals surface area contributed by atoms with Gasteiger partial charge in [0.1, 0.15) is 19.0 Å². The molecule has 0 unspecified atom stereocenters. The zero-order valence-electron chi connectivity index (χ0n) is 18.1. The minimum atomic E-state index is -3.85. The average Bonchev–Trinajstić information content (AvgIpc) is 2.74. The third kappa shape index (κ3) is 5.11. The summed E-state index contributed by atoms with van der Waals surface area (Å²) in [7, 11) is -3.85. The number of nitrogens with one attached hydrogen (secondary N) is 1. The fourth-order valence-electron chi connectivity index (χ4n) is 3.70. The predicted molar refractivity (Wildman–Crippen MR) is 123 cm³/mol. The van der Waals surface area contributed by atoms with Crippen LogP contribution in [0.5, 0.6) is 11.5 Å². The Morgan fingerprint density at radius 2 is 1.59 bits per heavy atom. The highest BCUT2D eigenvalue weighted by atomic mass is 32.2. The van der Waals surface area contributed by atoms with Gasteiger partial charge in [-0.05, 0) is 48.7 Å². The van der Waals surface area contributed by atoms with E-state index in [9.17, 15) is 13.2 Å². The molecule has 1 aliphatic rings. The zero-order chi connectivity index (χ0) is 22.7. The summed E-state index contributed by atoms with van der Waals surface area (Å²) in [5.41, 5.74) is 3.70. The molecule has 7 heteroatoms. The predicted octanol–water partition coefficient (Wildman–Crippen LogP) is 4.23. The average molecular weight is 452 g/mol. The van der Waals surface area contributed by atoms with Crippen molar-refractivity contribution < 1.29 is 22.7 Å². The van der Waals surface area contributed by atoms with Crippen molar-refractivity contribution in [2.45, 2.75) is 31.6 Å². The van der Waals surface area contributed by atoms with Gasteiger partial charge in [0.15, 0.2) is 11.5 Å². The second-order valence-corrected chi connectivity index (χ2v) is 9.60. The number of fused-ring (bicyclic) bond motifs is 1. The Kier molecular flexibility index (Phi) is 6.19. The van der Waals surface area contributed by atoms with E-state index in [1.54, 1.807) is 43.3 Å². The molecule has 1 aliphatic heterocycles. The molecule has 3 aromatic carbocycles. The lowest BCUT2D eigenvalue weighted by molar-refractivity contribution is -0.117. The number of carbonyl (C=O) groups excluding carboxylic acids is 1. The maximum absolute atomic E-state index is 13.1. The molecule has 0 saturated heterocycles. The second-order valence-electron chi connectivity index (χ2n) is 7.95. The summed E-state index contributed by atoms with van der Waals surface area (Å²) in [6.45, 7) is 4.60. The maximum atomic E-state index is 13.1. The molecular formula is C25H25NO5S. The SMILES string of the molecule is Cc1cccc(CC(=O)Cc2ccc(C)c(S(=O)(=O)Nc3ccc4c(c3)OCCO4)c2)c1. The molecule has 0 saturated carbocycles. The molecule has 32 heavy (non-hydrogen) atoms. The van der Waals surface area contributed by atoms with Crippen LogP contribution in [0.1, 0.15) is 22.3 Å². The summed E-state index contributed by atoms with van der Waals surface area (Å²) in [5, 5.41) is 0. The number of ether oxygens (including phenoxy) is 2. The summed E-state index contributed by atoms with van der Waals surface area (Å²) in [6, 6.07) is 17.8. The van der Waals surface area contributed by atoms with Gasteiger partial charge in [-0.1, -0.05) is 42.0 Å². The third-order valence-electron chi connectivity index (χ3n) is 5.22. The van der Waals surface area contributed by atoms with Gasteiger partial charge in [-0.3, -0.25) is 9.52 Å². The Bertz CT molecular complexity index is 1270. The molecule has 0 radical (unpaired) electrons. The van der Waals surface area contributed by atoms with Crippen LogP contribution in [0.25, 0.3) is 0 Å². The van der Waals surface area contributed by atoms with Gasteiger partial charge in [0.25, 0.3) is 10.0 Å². The summed E-state index contributed by atoms with van der Waals surface area (Å²) in [4.78, 5) is 12.7. The molecule has 0 atom stereocenters. The van der Waals surface area contributed by atoms with Gasteiger partial charge < -0.3 is 9.47 Å². The molecule has 1 N–H and O–H groups in total. The van der Waals surface area contributed by atoms with E-state index in [-0.39, 0.29) is 17.1 Å². The number of ketones is 1. The summed E-state index contributed by atoms with van der Waals surface area (Å²) in [5.74, 6) is 1.12. The van der Waals surface area contributed by atoms with Gasteiger partial charge in [-0.2, -0.15) is 0 Å². The molecule has 0 aromatic heterocycles. The number of aryl methyl sites for hydroxylation is 2. The standard InChI is InChI=1S/C25H25NO5S/c1-17-4-3-5-19(12-17)13-22(27)14-20-7-6-18(2)25(15-20)32(28,29)26-21-8-9-23-24(16-21)31-11-10-30-23/h3-9,12,15-16,26H,10-11,13-14H2,1-2H3. The Morgan fingerprint density at radius 3 is 2.34 bits per heavy atom. The van der Waals surface area contributed by atoms with Crippen LogP contribution in [0.2, 0.25) is 0 Å². The first kappa shape index (κ1) is 21.9. The van der Waals surface area contributed by atoms with Crippen LogP contribution in [0.3, 0.4) is 0 Å². The summed E-state index contributed by atoms with van der Waals surface area (Å²) in [6.07, 6.45) is 0.480. The van der Waals surface area contributed by atoms with Crippen molar-refractivity contribution in [3.05, 3.63) is 82.9 Å². The van der Waals surface area contributed by atoms with E-state index in [0.29, 0.717) is 47.9 Å². The lowest BCUT2D eigenvalue weighted by Gasteiger charge is -2.19. The van der Waals surface area contributed by atoms with Gasteiger partial charge in [0, 0.05) is 18.9 Å². The first-order valence-corrected chi connectivity index (χ1v) is 11.9. The normalized spacial score (nSPS) is 12.9. The van der Waals surface area contributed by atoms with Crippen molar-refractivity contribution in [2.24, 2.45) is 0 Å². The molecule has 0 aliphatic carbocycles. The van der Waals surface area contributed by atoms with E-state index in [1.165, 1.54) is 0 Å². The molecule has 6 nitrogen and oxygen atoms in total. The van der Waals surface area contributed by atoms with Gasteiger partial charge in [-0.15, -0.1) is 0 Å². The Labute approximate surface area is 188 Å². The largest absolute Gasteiger partial charge is 0.486 e. The number of anilines is 1. The first-order valence-electron chi connectivity index (χ1n) is 10.4. The van der Waals surface area contributed by atoms with Crippen LogP contribution in [0.4, 0.5) is 5.69 Å². The quantitative estimate of drug-likeness (QED) is 0.581. The van der Waals surface area contributed by atoms with Crippen molar-refractivity contribution in [3.8, 4) is 11.5 Å². The minimum Gasteiger partial charge on any atom is -0.486 e. The van der Waals surface area contributed by atoms with Crippen molar-refractivity contribution in [3.63, 3.8) is 0 Å². The van der Waals surface area contributed by atoms with Crippen LogP contribution in [-0.4, -0.2) is 27.4 Å².